The number of amides is 2. The summed E-state index contributed by atoms with van der Waals surface area (Å²) < 4.78 is 10.6. The SMILES string of the molecule is O=C1NC(=S)N(c2ccc(Cl)c(Cl)c2)C(=O)/C1=C/c1ccc2c(c1)OCO2. The predicted molar refractivity (Wildman–Crippen MR) is 105 cm³/mol. The van der Waals surface area contributed by atoms with Gasteiger partial charge in [0.05, 0.1) is 15.7 Å². The van der Waals surface area contributed by atoms with Crippen LogP contribution in [0, 0.1) is 0 Å². The molecule has 1 N–H and O–H groups in total. The zero-order valence-corrected chi connectivity index (χ0v) is 15.8. The number of fused-ring (bicyclic) bond motifs is 1. The molecular weight excluding hydrogens is 411 g/mol. The minimum Gasteiger partial charge on any atom is -0.454 e. The third-order valence-corrected chi connectivity index (χ3v) is 4.99. The molecule has 2 aromatic carbocycles. The summed E-state index contributed by atoms with van der Waals surface area (Å²) in [6.45, 7) is 0.133. The molecule has 2 aliphatic rings. The molecule has 0 bridgehead atoms. The summed E-state index contributed by atoms with van der Waals surface area (Å²) >= 11 is 17.1. The molecule has 2 heterocycles. The minimum atomic E-state index is -0.584. The first-order valence-electron chi connectivity index (χ1n) is 7.70. The van der Waals surface area contributed by atoms with Gasteiger partial charge >= 0.3 is 0 Å². The van der Waals surface area contributed by atoms with Crippen molar-refractivity contribution in [3.63, 3.8) is 0 Å². The molecule has 0 aromatic heterocycles. The fourth-order valence-corrected chi connectivity index (χ4v) is 3.26. The molecular formula is C18H10Cl2N2O4S. The first-order chi connectivity index (χ1) is 12.9. The molecule has 6 nitrogen and oxygen atoms in total. The third kappa shape index (κ3) is 3.25. The monoisotopic (exact) mass is 420 g/mol. The van der Waals surface area contributed by atoms with Crippen LogP contribution in [0.1, 0.15) is 5.56 Å². The first-order valence-corrected chi connectivity index (χ1v) is 8.86. The van der Waals surface area contributed by atoms with Gasteiger partial charge in [-0.25, -0.2) is 0 Å². The van der Waals surface area contributed by atoms with Crippen LogP contribution >= 0.6 is 35.4 Å². The maximum Gasteiger partial charge on any atom is 0.270 e. The van der Waals surface area contributed by atoms with Gasteiger partial charge in [-0.05, 0) is 54.2 Å². The van der Waals surface area contributed by atoms with E-state index in [1.165, 1.54) is 17.0 Å². The number of carbonyl (C=O) groups excluding carboxylic acids is 2. The Kier molecular flexibility index (Phi) is 4.51. The number of carbonyl (C=O) groups is 2. The van der Waals surface area contributed by atoms with Crippen LogP contribution in [-0.2, 0) is 9.59 Å². The average Bonchev–Trinajstić information content (AvgIpc) is 3.09. The molecule has 2 aromatic rings. The standard InChI is InChI=1S/C18H10Cl2N2O4S/c19-12-3-2-10(7-13(12)20)22-17(24)11(16(23)21-18(22)27)5-9-1-4-14-15(6-9)26-8-25-14/h1-7H,8H2,(H,21,23,27)/b11-5+. The van der Waals surface area contributed by atoms with Gasteiger partial charge in [0.15, 0.2) is 16.6 Å². The van der Waals surface area contributed by atoms with E-state index in [9.17, 15) is 9.59 Å². The Labute approximate surface area is 169 Å². The number of nitrogens with one attached hydrogen (secondary N) is 1. The topological polar surface area (TPSA) is 67.9 Å². The highest BCUT2D eigenvalue weighted by molar-refractivity contribution is 7.80. The van der Waals surface area contributed by atoms with Crippen LogP contribution in [0.2, 0.25) is 10.0 Å². The Balaban J connectivity index is 1.72. The van der Waals surface area contributed by atoms with E-state index >= 15 is 0 Å². The Hall–Kier alpha value is -2.61. The molecule has 9 heteroatoms. The van der Waals surface area contributed by atoms with Crippen LogP contribution in [0.5, 0.6) is 11.5 Å². The van der Waals surface area contributed by atoms with Crippen molar-refractivity contribution < 1.29 is 19.1 Å². The second kappa shape index (κ2) is 6.84. The summed E-state index contributed by atoms with van der Waals surface area (Å²) in [6, 6.07) is 9.76. The summed E-state index contributed by atoms with van der Waals surface area (Å²) in [7, 11) is 0. The highest BCUT2D eigenvalue weighted by atomic mass is 35.5. The number of halogens is 2. The van der Waals surface area contributed by atoms with Gasteiger partial charge in [0.2, 0.25) is 6.79 Å². The van der Waals surface area contributed by atoms with E-state index < -0.39 is 11.8 Å². The summed E-state index contributed by atoms with van der Waals surface area (Å²) in [5.41, 5.74) is 0.934. The number of thiocarbonyl (C=S) groups is 1. The zero-order chi connectivity index (χ0) is 19.1. The average molecular weight is 421 g/mol. The maximum atomic E-state index is 13.0. The highest BCUT2D eigenvalue weighted by Gasteiger charge is 2.34. The van der Waals surface area contributed by atoms with Crippen LogP contribution in [0.25, 0.3) is 6.08 Å². The van der Waals surface area contributed by atoms with Crippen molar-refractivity contribution in [1.82, 2.24) is 5.32 Å². The molecule has 2 amide bonds. The lowest BCUT2D eigenvalue weighted by Crippen LogP contribution is -2.54. The van der Waals surface area contributed by atoms with E-state index in [2.05, 4.69) is 5.32 Å². The molecule has 27 heavy (non-hydrogen) atoms. The second-order valence-electron chi connectivity index (χ2n) is 5.67. The number of hydrogen-bond donors (Lipinski definition) is 1. The largest absolute Gasteiger partial charge is 0.454 e. The van der Waals surface area contributed by atoms with E-state index in [4.69, 9.17) is 44.9 Å². The second-order valence-corrected chi connectivity index (χ2v) is 6.87. The van der Waals surface area contributed by atoms with Gasteiger partial charge in [0, 0.05) is 0 Å². The first kappa shape index (κ1) is 17.8. The van der Waals surface area contributed by atoms with Crippen molar-refractivity contribution in [2.75, 3.05) is 11.7 Å². The van der Waals surface area contributed by atoms with Crippen molar-refractivity contribution in [3.8, 4) is 11.5 Å². The molecule has 0 aliphatic carbocycles. The fraction of sp³-hybridized carbons (Fsp3) is 0.0556. The van der Waals surface area contributed by atoms with Gasteiger partial charge in [0.25, 0.3) is 11.8 Å². The van der Waals surface area contributed by atoms with Crippen molar-refractivity contribution >= 4 is 64.1 Å². The maximum absolute atomic E-state index is 13.0. The number of benzene rings is 2. The van der Waals surface area contributed by atoms with Crippen molar-refractivity contribution in [2.45, 2.75) is 0 Å². The Bertz CT molecular complexity index is 1040. The van der Waals surface area contributed by atoms with Gasteiger partial charge in [0.1, 0.15) is 5.57 Å². The normalized spacial score (nSPS) is 17.5. The summed E-state index contributed by atoms with van der Waals surface area (Å²) in [6.07, 6.45) is 1.46. The van der Waals surface area contributed by atoms with Crippen molar-refractivity contribution in [3.05, 3.63) is 57.6 Å². The van der Waals surface area contributed by atoms with Gasteiger partial charge in [-0.15, -0.1) is 0 Å². The quantitative estimate of drug-likeness (QED) is 0.457. The molecule has 2 aliphatic heterocycles. The third-order valence-electron chi connectivity index (χ3n) is 3.97. The molecule has 0 radical (unpaired) electrons. The number of hydrogen-bond acceptors (Lipinski definition) is 5. The summed E-state index contributed by atoms with van der Waals surface area (Å²) in [4.78, 5) is 26.5. The minimum absolute atomic E-state index is 0.0359. The van der Waals surface area contributed by atoms with Crippen LogP contribution in [0.15, 0.2) is 42.0 Å². The molecule has 0 saturated carbocycles. The molecule has 0 spiro atoms. The Morgan fingerprint density at radius 3 is 2.59 bits per heavy atom. The van der Waals surface area contributed by atoms with Crippen LogP contribution in [0.4, 0.5) is 5.69 Å². The number of anilines is 1. The molecule has 4 rings (SSSR count). The van der Waals surface area contributed by atoms with Crippen LogP contribution in [-0.4, -0.2) is 23.7 Å². The summed E-state index contributed by atoms with van der Waals surface area (Å²) in [5.74, 6) is -0.00107. The molecule has 1 saturated heterocycles. The molecule has 0 atom stereocenters. The van der Waals surface area contributed by atoms with Gasteiger partial charge in [-0.2, -0.15) is 0 Å². The van der Waals surface area contributed by atoms with Gasteiger partial charge < -0.3 is 9.47 Å². The number of nitrogens with zero attached hydrogens (tertiary/aromatic N) is 1. The van der Waals surface area contributed by atoms with E-state index in [0.29, 0.717) is 27.8 Å². The van der Waals surface area contributed by atoms with Crippen molar-refractivity contribution in [1.29, 1.82) is 0 Å². The van der Waals surface area contributed by atoms with Crippen LogP contribution in [0.3, 0.4) is 0 Å². The van der Waals surface area contributed by atoms with E-state index in [1.807, 2.05) is 0 Å². The zero-order valence-electron chi connectivity index (χ0n) is 13.5. The van der Waals surface area contributed by atoms with Crippen LogP contribution < -0.4 is 19.7 Å². The van der Waals surface area contributed by atoms with Gasteiger partial charge in [-0.3, -0.25) is 19.8 Å². The lowest BCUT2D eigenvalue weighted by atomic mass is 10.1. The highest BCUT2D eigenvalue weighted by Crippen LogP contribution is 2.34. The predicted octanol–water partition coefficient (Wildman–Crippen LogP) is 3.55. The Morgan fingerprint density at radius 2 is 1.81 bits per heavy atom. The Morgan fingerprint density at radius 1 is 1.04 bits per heavy atom. The molecule has 1 fully saturated rings. The molecule has 0 unspecified atom stereocenters. The fourth-order valence-electron chi connectivity index (χ4n) is 2.69. The lowest BCUT2D eigenvalue weighted by Gasteiger charge is -2.29. The number of ether oxygens (including phenoxy) is 2. The van der Waals surface area contributed by atoms with E-state index in [1.54, 1.807) is 30.3 Å². The molecule has 136 valence electrons. The van der Waals surface area contributed by atoms with Gasteiger partial charge in [-0.1, -0.05) is 29.3 Å². The number of rotatable bonds is 2. The lowest BCUT2D eigenvalue weighted by molar-refractivity contribution is -0.122. The smallest absolute Gasteiger partial charge is 0.270 e. The van der Waals surface area contributed by atoms with E-state index in [-0.39, 0.29) is 22.5 Å². The van der Waals surface area contributed by atoms with E-state index in [0.717, 1.165) is 0 Å². The summed E-state index contributed by atoms with van der Waals surface area (Å²) in [5, 5.41) is 3.09. The van der Waals surface area contributed by atoms with Crippen molar-refractivity contribution in [2.24, 2.45) is 0 Å².